The maximum Gasteiger partial charge on any atom is 0.386 e. The van der Waals surface area contributed by atoms with Crippen LogP contribution >= 0.6 is 0 Å². The molecule has 0 bridgehead atoms. The van der Waals surface area contributed by atoms with Crippen LogP contribution in [0.3, 0.4) is 0 Å². The van der Waals surface area contributed by atoms with Crippen molar-refractivity contribution in [2.75, 3.05) is 11.0 Å². The zero-order valence-corrected chi connectivity index (χ0v) is 10.5. The molecular weight excluding hydrogens is 272 g/mol. The monoisotopic (exact) mass is 280 g/mol. The number of para-hydroxylation sites is 2. The van der Waals surface area contributed by atoms with Gasteiger partial charge in [-0.3, -0.25) is 0 Å². The molecule has 1 heterocycles. The molecule has 0 unspecified atom stereocenters. The van der Waals surface area contributed by atoms with Crippen molar-refractivity contribution in [3.63, 3.8) is 0 Å². The van der Waals surface area contributed by atoms with Crippen LogP contribution in [-0.4, -0.2) is 14.7 Å². The summed E-state index contributed by atoms with van der Waals surface area (Å²) in [5.74, 6) is -0.612. The van der Waals surface area contributed by atoms with E-state index in [-0.39, 0.29) is 20.5 Å². The first-order chi connectivity index (χ1) is 8.85. The Kier molecular flexibility index (Phi) is 2.88. The molecule has 2 rings (SSSR count). The number of sulfonamides is 1. The lowest BCUT2D eigenvalue weighted by Crippen LogP contribution is -2.44. The number of benzene rings is 1. The third kappa shape index (κ3) is 2.21. The van der Waals surface area contributed by atoms with Gasteiger partial charge in [0.1, 0.15) is 0 Å². The molecule has 0 saturated carbocycles. The molecule has 0 fully saturated rings. The Morgan fingerprint density at radius 3 is 2.21 bits per heavy atom. The van der Waals surface area contributed by atoms with Crippen LogP contribution < -0.4 is 14.2 Å². The average molecular weight is 280 g/mol. The number of nitrogens with zero attached hydrogens (tertiary/aromatic N) is 3. The molecule has 0 aliphatic rings. The molecule has 0 radical (unpaired) electrons. The van der Waals surface area contributed by atoms with Crippen LogP contribution in [0.1, 0.15) is 5.69 Å². The quantitative estimate of drug-likeness (QED) is 0.578. The summed E-state index contributed by atoms with van der Waals surface area (Å²) in [6.45, 7) is 0. The largest absolute Gasteiger partial charge is 0.710 e. The van der Waals surface area contributed by atoms with Gasteiger partial charge in [-0.25, -0.2) is 4.73 Å². The van der Waals surface area contributed by atoms with E-state index < -0.39 is 21.5 Å². The summed E-state index contributed by atoms with van der Waals surface area (Å²) in [4.78, 5) is 0. The third-order valence-corrected chi connectivity index (χ3v) is 2.90. The number of anilines is 1. The average Bonchev–Trinajstić information content (AvgIpc) is 2.35. The molecule has 1 aromatic carbocycles. The molecule has 0 atom stereocenters. The number of rotatable bonds is 2. The molecule has 0 amide bonds. The normalized spacial score (nSPS) is 11.2. The van der Waals surface area contributed by atoms with Crippen molar-refractivity contribution < 1.29 is 17.9 Å². The van der Waals surface area contributed by atoms with Crippen LogP contribution in [-0.2, 0) is 10.0 Å². The van der Waals surface area contributed by atoms with Crippen LogP contribution in [0.2, 0.25) is 0 Å². The number of nitriles is 1. The van der Waals surface area contributed by atoms with Gasteiger partial charge in [-0.15, -0.1) is 4.73 Å². The van der Waals surface area contributed by atoms with Gasteiger partial charge in [0.2, 0.25) is 5.52 Å². The van der Waals surface area contributed by atoms with Gasteiger partial charge in [0.25, 0.3) is 15.5 Å². The Hall–Kier alpha value is -2.60. The summed E-state index contributed by atoms with van der Waals surface area (Å²) < 4.78 is 24.7. The van der Waals surface area contributed by atoms with Gasteiger partial charge in [0, 0.05) is 6.07 Å². The molecule has 98 valence electrons. The number of fused-ring (bicyclic) bond motifs is 1. The Labute approximate surface area is 108 Å². The Morgan fingerprint density at radius 1 is 1.21 bits per heavy atom. The highest BCUT2D eigenvalue weighted by atomic mass is 32.2. The van der Waals surface area contributed by atoms with Crippen molar-refractivity contribution in [3.8, 4) is 6.07 Å². The molecule has 19 heavy (non-hydrogen) atoms. The van der Waals surface area contributed by atoms with Gasteiger partial charge in [-0.05, 0) is 6.07 Å². The van der Waals surface area contributed by atoms with Crippen molar-refractivity contribution in [1.82, 2.24) is 0 Å². The smallest absolute Gasteiger partial charge is 0.386 e. The standard InChI is InChI=1S/C10H8N4O4S/c1-19(17,18)12-10-9(6-11)13(15)7-4-2-3-5-8(7)14(10)16/h2-5,12H,1H3. The van der Waals surface area contributed by atoms with E-state index in [9.17, 15) is 18.8 Å². The van der Waals surface area contributed by atoms with Gasteiger partial charge in [0.15, 0.2) is 6.07 Å². The molecule has 9 heteroatoms. The van der Waals surface area contributed by atoms with E-state index in [4.69, 9.17) is 5.26 Å². The van der Waals surface area contributed by atoms with Crippen LogP contribution in [0, 0.1) is 21.7 Å². The lowest BCUT2D eigenvalue weighted by atomic mass is 10.3. The summed E-state index contributed by atoms with van der Waals surface area (Å²) in [6, 6.07) is 7.29. The predicted octanol–water partition coefficient (Wildman–Crippen LogP) is -0.650. The fraction of sp³-hybridized carbons (Fsp3) is 0.100. The van der Waals surface area contributed by atoms with Crippen molar-refractivity contribution in [3.05, 3.63) is 40.4 Å². The summed E-state index contributed by atoms with van der Waals surface area (Å²) in [5.41, 5.74) is -0.671. The van der Waals surface area contributed by atoms with E-state index in [1.807, 2.05) is 4.72 Å². The summed E-state index contributed by atoms with van der Waals surface area (Å²) in [5, 5.41) is 32.9. The lowest BCUT2D eigenvalue weighted by Gasteiger charge is -2.12. The minimum absolute atomic E-state index is 0.0203. The first kappa shape index (κ1) is 12.8. The van der Waals surface area contributed by atoms with E-state index in [1.165, 1.54) is 30.3 Å². The van der Waals surface area contributed by atoms with Crippen molar-refractivity contribution in [2.24, 2.45) is 0 Å². The van der Waals surface area contributed by atoms with Gasteiger partial charge in [-0.1, -0.05) is 12.1 Å². The van der Waals surface area contributed by atoms with Crippen molar-refractivity contribution >= 4 is 26.9 Å². The van der Waals surface area contributed by atoms with Gasteiger partial charge in [0.05, 0.1) is 6.26 Å². The highest BCUT2D eigenvalue weighted by Crippen LogP contribution is 2.13. The highest BCUT2D eigenvalue weighted by Gasteiger charge is 2.29. The van der Waals surface area contributed by atoms with Crippen molar-refractivity contribution in [2.45, 2.75) is 0 Å². The molecule has 0 aliphatic heterocycles. The van der Waals surface area contributed by atoms with E-state index in [0.29, 0.717) is 0 Å². The Bertz CT molecular complexity index is 810. The first-order valence-electron chi connectivity index (χ1n) is 5.01. The van der Waals surface area contributed by atoms with Gasteiger partial charge < -0.3 is 10.4 Å². The molecule has 1 aromatic heterocycles. The minimum atomic E-state index is -3.79. The fourth-order valence-electron chi connectivity index (χ4n) is 1.60. The SMILES string of the molecule is CS(=O)(=O)Nc1c(C#N)[n+]([O-])c2ccccc2[n+]1[O-]. The second-order valence-corrected chi connectivity index (χ2v) is 5.51. The van der Waals surface area contributed by atoms with E-state index in [2.05, 4.69) is 0 Å². The van der Waals surface area contributed by atoms with Crippen LogP contribution in [0.25, 0.3) is 11.0 Å². The van der Waals surface area contributed by atoms with E-state index >= 15 is 0 Å². The van der Waals surface area contributed by atoms with E-state index in [0.717, 1.165) is 6.26 Å². The summed E-state index contributed by atoms with van der Waals surface area (Å²) >= 11 is 0. The Balaban J connectivity index is 2.91. The second kappa shape index (κ2) is 4.25. The molecule has 0 saturated heterocycles. The molecule has 8 nitrogen and oxygen atoms in total. The zero-order chi connectivity index (χ0) is 14.2. The van der Waals surface area contributed by atoms with Crippen LogP contribution in [0.4, 0.5) is 5.82 Å². The first-order valence-corrected chi connectivity index (χ1v) is 6.90. The molecular formula is C10H8N4O4S. The molecule has 0 aliphatic carbocycles. The Morgan fingerprint density at radius 2 is 1.74 bits per heavy atom. The lowest BCUT2D eigenvalue weighted by molar-refractivity contribution is -0.620. The molecule has 0 spiro atoms. The predicted molar refractivity (Wildman–Crippen MR) is 65.0 cm³/mol. The maximum absolute atomic E-state index is 12.0. The fourth-order valence-corrected chi connectivity index (χ4v) is 2.14. The maximum atomic E-state index is 12.0. The van der Waals surface area contributed by atoms with Gasteiger partial charge >= 0.3 is 11.5 Å². The van der Waals surface area contributed by atoms with Gasteiger partial charge in [-0.2, -0.15) is 18.4 Å². The van der Waals surface area contributed by atoms with Crippen LogP contribution in [0.5, 0.6) is 0 Å². The zero-order valence-electron chi connectivity index (χ0n) is 9.69. The minimum Gasteiger partial charge on any atom is -0.710 e. The molecule has 2 aromatic rings. The van der Waals surface area contributed by atoms with E-state index in [1.54, 1.807) is 0 Å². The second-order valence-electron chi connectivity index (χ2n) is 3.76. The third-order valence-electron chi connectivity index (χ3n) is 2.34. The number of hydrogen-bond acceptors (Lipinski definition) is 5. The van der Waals surface area contributed by atoms with Crippen LogP contribution in [0.15, 0.2) is 24.3 Å². The highest BCUT2D eigenvalue weighted by molar-refractivity contribution is 7.92. The summed E-state index contributed by atoms with van der Waals surface area (Å²) in [6.07, 6.45) is 0.818. The summed E-state index contributed by atoms with van der Waals surface area (Å²) in [7, 11) is -3.79. The number of aromatic nitrogens is 2. The molecule has 1 N–H and O–H groups in total. The number of hydrogen-bond donors (Lipinski definition) is 1. The topological polar surface area (TPSA) is 124 Å². The number of nitrogens with one attached hydrogen (secondary N) is 1. The van der Waals surface area contributed by atoms with Crippen molar-refractivity contribution in [1.29, 1.82) is 5.26 Å².